The Morgan fingerprint density at radius 3 is 1.87 bits per heavy atom. The predicted octanol–water partition coefficient (Wildman–Crippen LogP) is -1.08. The van der Waals surface area contributed by atoms with Crippen LogP contribution in [-0.4, -0.2) is 104 Å². The van der Waals surface area contributed by atoms with E-state index in [0.717, 1.165) is 0 Å². The van der Waals surface area contributed by atoms with Gasteiger partial charge in [0.15, 0.2) is 6.10 Å². The van der Waals surface area contributed by atoms with E-state index in [-0.39, 0.29) is 24.2 Å². The van der Waals surface area contributed by atoms with E-state index in [1.807, 2.05) is 6.92 Å². The van der Waals surface area contributed by atoms with Gasteiger partial charge in [0.1, 0.15) is 24.3 Å². The molecule has 4 amide bonds. The summed E-state index contributed by atoms with van der Waals surface area (Å²) >= 11 is 0. The summed E-state index contributed by atoms with van der Waals surface area (Å²) in [5.41, 5.74) is 6.37. The third-order valence-electron chi connectivity index (χ3n) is 7.93. The summed E-state index contributed by atoms with van der Waals surface area (Å²) in [6.07, 6.45) is -6.46. The number of aliphatic carboxylic acids is 1. The summed E-state index contributed by atoms with van der Waals surface area (Å²) in [5.74, 6) is -5.08. The molecule has 1 aromatic rings. The van der Waals surface area contributed by atoms with Crippen LogP contribution < -0.4 is 27.0 Å². The Labute approximate surface area is 275 Å². The van der Waals surface area contributed by atoms with Crippen LogP contribution in [-0.2, 0) is 24.0 Å². The van der Waals surface area contributed by atoms with E-state index < -0.39 is 91.1 Å². The molecule has 0 spiro atoms. The Morgan fingerprint density at radius 2 is 1.38 bits per heavy atom. The molecule has 0 saturated carbocycles. The molecule has 266 valence electrons. The Bertz CT molecular complexity index is 1170. The van der Waals surface area contributed by atoms with Crippen LogP contribution in [0.2, 0.25) is 0 Å². The zero-order chi connectivity index (χ0) is 36.0. The fourth-order valence-electron chi connectivity index (χ4n) is 4.69. The van der Waals surface area contributed by atoms with Gasteiger partial charge in [-0.25, -0.2) is 0 Å². The topological polar surface area (TPSA) is 261 Å². The smallest absolute Gasteiger partial charge is 0.305 e. The number of rotatable bonds is 20. The van der Waals surface area contributed by atoms with Crippen LogP contribution in [0.15, 0.2) is 30.3 Å². The number of carbonyl (C=O) groups is 5. The first-order valence-corrected chi connectivity index (χ1v) is 15.8. The van der Waals surface area contributed by atoms with Gasteiger partial charge >= 0.3 is 5.97 Å². The number of amides is 4. The zero-order valence-corrected chi connectivity index (χ0v) is 27.9. The Hall–Kier alpha value is -3.63. The molecule has 15 heteroatoms. The molecule has 0 unspecified atom stereocenters. The van der Waals surface area contributed by atoms with Crippen LogP contribution in [0.3, 0.4) is 0 Å². The molecular formula is C32H53N5O10. The minimum atomic E-state index is -2.28. The third kappa shape index (κ3) is 13.2. The highest BCUT2D eigenvalue weighted by Crippen LogP contribution is 2.18. The number of carbonyl (C=O) groups excluding carboxylic acids is 4. The summed E-state index contributed by atoms with van der Waals surface area (Å²) in [6.45, 7) is 9.79. The van der Waals surface area contributed by atoms with Gasteiger partial charge in [-0.15, -0.1) is 0 Å². The van der Waals surface area contributed by atoms with E-state index in [0.29, 0.717) is 12.0 Å². The number of nitrogens with one attached hydrogen (secondary N) is 4. The van der Waals surface area contributed by atoms with Crippen molar-refractivity contribution in [3.8, 4) is 0 Å². The number of carboxylic acids is 1. The minimum Gasteiger partial charge on any atom is -0.481 e. The van der Waals surface area contributed by atoms with Crippen molar-refractivity contribution >= 4 is 29.6 Å². The molecule has 0 fully saturated rings. The second-order valence-corrected chi connectivity index (χ2v) is 12.6. The van der Waals surface area contributed by atoms with Crippen molar-refractivity contribution in [2.45, 2.75) is 109 Å². The molecule has 0 aliphatic rings. The molecule has 9 atom stereocenters. The molecule has 0 aromatic heterocycles. The van der Waals surface area contributed by atoms with Gasteiger partial charge in [0, 0.05) is 0 Å². The number of benzene rings is 1. The number of aliphatic hydroxyl groups is 4. The molecule has 15 nitrogen and oxygen atoms in total. The monoisotopic (exact) mass is 667 g/mol. The van der Waals surface area contributed by atoms with Crippen molar-refractivity contribution in [1.29, 1.82) is 0 Å². The van der Waals surface area contributed by atoms with Crippen molar-refractivity contribution in [3.63, 3.8) is 0 Å². The normalized spacial score (nSPS) is 17.3. The molecule has 0 aliphatic carbocycles. The van der Waals surface area contributed by atoms with Crippen LogP contribution in [0.5, 0.6) is 0 Å². The highest BCUT2D eigenvalue weighted by atomic mass is 16.4. The summed E-state index contributed by atoms with van der Waals surface area (Å²) in [5, 5.41) is 61.2. The fraction of sp³-hybridized carbons (Fsp3) is 0.656. The van der Waals surface area contributed by atoms with E-state index in [2.05, 4.69) is 21.3 Å². The molecular weight excluding hydrogens is 614 g/mol. The quantitative estimate of drug-likeness (QED) is 0.0800. The SMILES string of the molecule is CC[C@H](C)[C@H](NC(=O)[C@@H](N)C(C)C)C(=O)N[C@@H](CC(C)C)C(=O)N[C@@H](CO)[C@@H](O)[C@@H](O)[C@H](O)C(=O)N[C@@H](CC(=O)O)c1ccccc1. The molecule has 1 aromatic carbocycles. The van der Waals surface area contributed by atoms with Crippen LogP contribution in [0, 0.1) is 17.8 Å². The lowest BCUT2D eigenvalue weighted by Crippen LogP contribution is -2.61. The van der Waals surface area contributed by atoms with Gasteiger partial charge in [-0.1, -0.05) is 78.3 Å². The number of hydrogen-bond donors (Lipinski definition) is 10. The van der Waals surface area contributed by atoms with Crippen molar-refractivity contribution in [3.05, 3.63) is 35.9 Å². The lowest BCUT2D eigenvalue weighted by atomic mass is 9.95. The first-order valence-electron chi connectivity index (χ1n) is 15.8. The number of carboxylic acid groups (broad SMARTS) is 1. The number of nitrogens with two attached hydrogens (primary N) is 1. The fourth-order valence-corrected chi connectivity index (χ4v) is 4.69. The second-order valence-electron chi connectivity index (χ2n) is 12.6. The highest BCUT2D eigenvalue weighted by Gasteiger charge is 2.38. The van der Waals surface area contributed by atoms with Crippen LogP contribution in [0.25, 0.3) is 0 Å². The van der Waals surface area contributed by atoms with E-state index in [4.69, 9.17) is 5.73 Å². The van der Waals surface area contributed by atoms with E-state index >= 15 is 0 Å². The van der Waals surface area contributed by atoms with Gasteiger partial charge in [-0.2, -0.15) is 0 Å². The lowest BCUT2D eigenvalue weighted by Gasteiger charge is -2.31. The van der Waals surface area contributed by atoms with Gasteiger partial charge in [0.2, 0.25) is 17.7 Å². The Morgan fingerprint density at radius 1 is 0.787 bits per heavy atom. The van der Waals surface area contributed by atoms with Crippen LogP contribution >= 0.6 is 0 Å². The van der Waals surface area contributed by atoms with E-state index in [1.165, 1.54) is 0 Å². The molecule has 0 radical (unpaired) electrons. The lowest BCUT2D eigenvalue weighted by molar-refractivity contribution is -0.145. The number of aliphatic hydroxyl groups excluding tert-OH is 4. The molecule has 0 aliphatic heterocycles. The zero-order valence-electron chi connectivity index (χ0n) is 27.9. The minimum absolute atomic E-state index is 0.117. The molecule has 0 saturated heterocycles. The van der Waals surface area contributed by atoms with Gasteiger partial charge in [0.25, 0.3) is 5.91 Å². The third-order valence-corrected chi connectivity index (χ3v) is 7.93. The van der Waals surface area contributed by atoms with Crippen molar-refractivity contribution < 1.29 is 49.5 Å². The van der Waals surface area contributed by atoms with Gasteiger partial charge in [0.05, 0.1) is 31.2 Å². The van der Waals surface area contributed by atoms with Crippen LogP contribution in [0.1, 0.15) is 72.4 Å². The van der Waals surface area contributed by atoms with E-state index in [1.54, 1.807) is 65.0 Å². The molecule has 0 heterocycles. The van der Waals surface area contributed by atoms with Gasteiger partial charge in [-0.05, 0) is 29.7 Å². The summed E-state index contributed by atoms with van der Waals surface area (Å²) < 4.78 is 0. The maximum absolute atomic E-state index is 13.4. The largest absolute Gasteiger partial charge is 0.481 e. The molecule has 1 rings (SSSR count). The summed E-state index contributed by atoms with van der Waals surface area (Å²) in [7, 11) is 0. The summed E-state index contributed by atoms with van der Waals surface area (Å²) in [4.78, 5) is 63.6. The van der Waals surface area contributed by atoms with Crippen molar-refractivity contribution in [2.24, 2.45) is 23.5 Å². The maximum atomic E-state index is 13.4. The maximum Gasteiger partial charge on any atom is 0.305 e. The second kappa shape index (κ2) is 19.9. The summed E-state index contributed by atoms with van der Waals surface area (Å²) in [6, 6.07) is 2.32. The van der Waals surface area contributed by atoms with Crippen molar-refractivity contribution in [1.82, 2.24) is 21.3 Å². The molecule has 47 heavy (non-hydrogen) atoms. The predicted molar refractivity (Wildman–Crippen MR) is 172 cm³/mol. The Kier molecular flexibility index (Phi) is 17.5. The first-order chi connectivity index (χ1) is 21.9. The standard InChI is InChI=1S/C32H53N5O10/c1-7-18(6)25(37-30(45)24(33)17(4)5)31(46)35-21(13-16(2)3)29(44)36-22(15-38)26(41)27(42)28(43)32(47)34-20(14-23(39)40)19-11-9-8-10-12-19/h8-12,16-18,20-22,24-28,38,41-43H,7,13-15,33H2,1-6H3,(H,34,47)(H,35,46)(H,36,44)(H,37,45)(H,39,40)/t18-,20-,21-,22-,24-,25-,26+,27+,28-/m0/s1. The Balaban J connectivity index is 3.08. The first kappa shape index (κ1) is 41.4. The molecule has 11 N–H and O–H groups in total. The van der Waals surface area contributed by atoms with Crippen LogP contribution in [0.4, 0.5) is 0 Å². The number of hydrogen-bond acceptors (Lipinski definition) is 10. The average Bonchev–Trinajstić information content (AvgIpc) is 3.03. The van der Waals surface area contributed by atoms with Gasteiger partial charge in [-0.3, -0.25) is 24.0 Å². The van der Waals surface area contributed by atoms with E-state index in [9.17, 15) is 49.5 Å². The average molecular weight is 668 g/mol. The highest BCUT2D eigenvalue weighted by molar-refractivity contribution is 5.93. The van der Waals surface area contributed by atoms with Gasteiger partial charge < -0.3 is 52.5 Å². The molecule has 0 bridgehead atoms. The van der Waals surface area contributed by atoms with Crippen molar-refractivity contribution in [2.75, 3.05) is 6.61 Å².